The zero-order chi connectivity index (χ0) is 14.2. The van der Waals surface area contributed by atoms with Crippen LogP contribution in [0.2, 0.25) is 0 Å². The Morgan fingerprint density at radius 2 is 1.85 bits per heavy atom. The van der Waals surface area contributed by atoms with Crippen molar-refractivity contribution in [2.24, 2.45) is 0 Å². The number of aryl methyl sites for hydroxylation is 1. The average molecular weight is 341 g/mol. The van der Waals surface area contributed by atoms with Gasteiger partial charge in [-0.2, -0.15) is 0 Å². The fraction of sp³-hybridized carbons (Fsp3) is 0.647. The zero-order valence-electron chi connectivity index (χ0n) is 12.6. The Kier molecular flexibility index (Phi) is 6.88. The first-order valence-electron chi connectivity index (χ1n) is 7.98. The molecule has 0 radical (unpaired) electrons. The summed E-state index contributed by atoms with van der Waals surface area (Å²) in [5.41, 5.74) is 1.21. The van der Waals surface area contributed by atoms with Crippen molar-refractivity contribution in [3.8, 4) is 5.75 Å². The highest BCUT2D eigenvalue weighted by molar-refractivity contribution is 9.10. The predicted octanol–water partition coefficient (Wildman–Crippen LogP) is 3.38. The van der Waals surface area contributed by atoms with Crippen LogP contribution in [0, 0.1) is 6.92 Å². The van der Waals surface area contributed by atoms with Gasteiger partial charge in [-0.25, -0.2) is 0 Å². The van der Waals surface area contributed by atoms with Crippen molar-refractivity contribution in [3.63, 3.8) is 0 Å². The van der Waals surface area contributed by atoms with Crippen LogP contribution >= 0.6 is 15.9 Å². The maximum absolute atomic E-state index is 5.88. The number of quaternary nitrogens is 1. The van der Waals surface area contributed by atoms with Gasteiger partial charge in [0.2, 0.25) is 0 Å². The molecule has 1 aliphatic heterocycles. The summed E-state index contributed by atoms with van der Waals surface area (Å²) in [6.45, 7) is 7.03. The third-order valence-corrected chi connectivity index (χ3v) is 4.62. The minimum Gasteiger partial charge on any atom is -0.493 e. The second-order valence-corrected chi connectivity index (χ2v) is 6.80. The third-order valence-electron chi connectivity index (χ3n) is 4.13. The molecular formula is C17H27BrNO+. The zero-order valence-corrected chi connectivity index (χ0v) is 14.2. The number of rotatable bonds is 6. The van der Waals surface area contributed by atoms with E-state index < -0.39 is 0 Å². The number of hydrogen-bond acceptors (Lipinski definition) is 1. The topological polar surface area (TPSA) is 13.7 Å². The van der Waals surface area contributed by atoms with Crippen molar-refractivity contribution in [2.45, 2.75) is 45.4 Å². The molecule has 1 fully saturated rings. The molecule has 2 rings (SSSR count). The van der Waals surface area contributed by atoms with Gasteiger partial charge in [0.1, 0.15) is 5.75 Å². The van der Waals surface area contributed by atoms with Crippen LogP contribution in [-0.4, -0.2) is 26.2 Å². The van der Waals surface area contributed by atoms with E-state index in [-0.39, 0.29) is 0 Å². The van der Waals surface area contributed by atoms with Gasteiger partial charge in [0.05, 0.1) is 26.2 Å². The Balaban J connectivity index is 1.61. The Labute approximate surface area is 131 Å². The number of hydrogen-bond donors (Lipinski definition) is 1. The van der Waals surface area contributed by atoms with Crippen LogP contribution in [0.15, 0.2) is 22.7 Å². The quantitative estimate of drug-likeness (QED) is 0.784. The van der Waals surface area contributed by atoms with Crippen molar-refractivity contribution >= 4 is 15.9 Å². The lowest BCUT2D eigenvalue weighted by Gasteiger charge is -2.17. The lowest BCUT2D eigenvalue weighted by atomic mass is 10.2. The van der Waals surface area contributed by atoms with E-state index in [2.05, 4.69) is 35.0 Å². The minimum absolute atomic E-state index is 0.843. The highest BCUT2D eigenvalue weighted by atomic mass is 79.9. The van der Waals surface area contributed by atoms with Crippen molar-refractivity contribution in [1.82, 2.24) is 0 Å². The first-order chi connectivity index (χ1) is 9.75. The maximum Gasteiger partial charge on any atom is 0.122 e. The van der Waals surface area contributed by atoms with Crippen LogP contribution < -0.4 is 9.64 Å². The second kappa shape index (κ2) is 8.68. The molecule has 112 valence electrons. The molecule has 1 aromatic carbocycles. The van der Waals surface area contributed by atoms with Gasteiger partial charge in [0.15, 0.2) is 0 Å². The highest BCUT2D eigenvalue weighted by Crippen LogP contribution is 2.22. The molecule has 20 heavy (non-hydrogen) atoms. The number of nitrogens with one attached hydrogen (secondary N) is 1. The van der Waals surface area contributed by atoms with Gasteiger partial charge in [-0.05, 0) is 69.2 Å². The van der Waals surface area contributed by atoms with Crippen molar-refractivity contribution in [1.29, 1.82) is 0 Å². The average Bonchev–Trinajstić information content (AvgIpc) is 2.69. The van der Waals surface area contributed by atoms with Crippen LogP contribution in [0.25, 0.3) is 0 Å². The third kappa shape index (κ3) is 5.45. The van der Waals surface area contributed by atoms with E-state index in [0.29, 0.717) is 0 Å². The van der Waals surface area contributed by atoms with Crippen LogP contribution in [-0.2, 0) is 0 Å². The Morgan fingerprint density at radius 3 is 2.55 bits per heavy atom. The Hall–Kier alpha value is -0.540. The van der Waals surface area contributed by atoms with Gasteiger partial charge < -0.3 is 9.64 Å². The molecule has 0 amide bonds. The summed E-state index contributed by atoms with van der Waals surface area (Å²) < 4.78 is 6.99. The molecule has 1 heterocycles. The van der Waals surface area contributed by atoms with E-state index in [4.69, 9.17) is 4.74 Å². The number of ether oxygens (including phenoxy) is 1. The van der Waals surface area contributed by atoms with E-state index in [9.17, 15) is 0 Å². The molecule has 1 aromatic rings. The summed E-state index contributed by atoms with van der Waals surface area (Å²) in [6.07, 6.45) is 8.17. The Bertz CT molecular complexity index is 400. The normalized spacial score (nSPS) is 16.9. The number of halogens is 1. The minimum atomic E-state index is 0.843. The summed E-state index contributed by atoms with van der Waals surface area (Å²) >= 11 is 3.48. The summed E-state index contributed by atoms with van der Waals surface area (Å²) in [5, 5.41) is 0. The molecule has 1 saturated heterocycles. The molecule has 0 spiro atoms. The maximum atomic E-state index is 5.88. The van der Waals surface area contributed by atoms with Crippen LogP contribution in [0.1, 0.15) is 44.1 Å². The first kappa shape index (κ1) is 15.8. The lowest BCUT2D eigenvalue weighted by Crippen LogP contribution is -3.11. The first-order valence-corrected chi connectivity index (χ1v) is 8.77. The molecule has 0 aliphatic carbocycles. The van der Waals surface area contributed by atoms with Crippen LogP contribution in [0.3, 0.4) is 0 Å². The monoisotopic (exact) mass is 340 g/mol. The lowest BCUT2D eigenvalue weighted by molar-refractivity contribution is -0.899. The van der Waals surface area contributed by atoms with Crippen molar-refractivity contribution in [2.75, 3.05) is 26.2 Å². The number of benzene rings is 1. The summed E-state index contributed by atoms with van der Waals surface area (Å²) in [6, 6.07) is 6.21. The molecule has 3 heteroatoms. The summed E-state index contributed by atoms with van der Waals surface area (Å²) in [7, 11) is 0. The smallest absolute Gasteiger partial charge is 0.122 e. The summed E-state index contributed by atoms with van der Waals surface area (Å²) in [5.74, 6) is 1.02. The van der Waals surface area contributed by atoms with E-state index in [1.807, 2.05) is 11.0 Å². The van der Waals surface area contributed by atoms with E-state index in [1.54, 1.807) is 0 Å². The fourth-order valence-corrected chi connectivity index (χ4v) is 3.39. The van der Waals surface area contributed by atoms with Crippen LogP contribution in [0.5, 0.6) is 5.75 Å². The molecule has 0 unspecified atom stereocenters. The predicted molar refractivity (Wildman–Crippen MR) is 87.6 cm³/mol. The summed E-state index contributed by atoms with van der Waals surface area (Å²) in [4.78, 5) is 1.81. The van der Waals surface area contributed by atoms with Gasteiger partial charge in [-0.15, -0.1) is 0 Å². The SMILES string of the molecule is Cc1cc(Br)ccc1OCCCC[NH+]1CCCCCC1. The molecule has 1 aliphatic rings. The number of likely N-dealkylation sites (tertiary alicyclic amines) is 1. The molecule has 2 nitrogen and oxygen atoms in total. The van der Waals surface area contributed by atoms with Gasteiger partial charge in [0.25, 0.3) is 0 Å². The van der Waals surface area contributed by atoms with Crippen molar-refractivity contribution in [3.05, 3.63) is 28.2 Å². The highest BCUT2D eigenvalue weighted by Gasteiger charge is 2.11. The van der Waals surface area contributed by atoms with E-state index >= 15 is 0 Å². The van der Waals surface area contributed by atoms with Gasteiger partial charge in [0, 0.05) is 4.47 Å². The van der Waals surface area contributed by atoms with Gasteiger partial charge in [-0.1, -0.05) is 15.9 Å². The largest absolute Gasteiger partial charge is 0.493 e. The Morgan fingerprint density at radius 1 is 1.10 bits per heavy atom. The van der Waals surface area contributed by atoms with Crippen molar-refractivity contribution < 1.29 is 9.64 Å². The molecule has 0 bridgehead atoms. The molecule has 0 aromatic heterocycles. The van der Waals surface area contributed by atoms with E-state index in [0.717, 1.165) is 16.8 Å². The van der Waals surface area contributed by atoms with Gasteiger partial charge >= 0.3 is 0 Å². The molecule has 1 N–H and O–H groups in total. The molecule has 0 atom stereocenters. The van der Waals surface area contributed by atoms with Crippen LogP contribution in [0.4, 0.5) is 0 Å². The standard InChI is InChI=1S/C17H26BrNO/c1-15-14-16(18)8-9-17(15)20-13-7-6-12-19-10-4-2-3-5-11-19/h8-9,14H,2-7,10-13H2,1H3/p+1. The fourth-order valence-electron chi connectivity index (χ4n) is 2.91. The molecular weight excluding hydrogens is 314 g/mol. The van der Waals surface area contributed by atoms with E-state index in [1.165, 1.54) is 63.7 Å². The van der Waals surface area contributed by atoms with Gasteiger partial charge in [-0.3, -0.25) is 0 Å². The number of unbranched alkanes of at least 4 members (excludes halogenated alkanes) is 1. The second-order valence-electron chi connectivity index (χ2n) is 5.88. The molecule has 0 saturated carbocycles.